The number of ether oxygens (including phenoxy) is 7. The second-order valence-corrected chi connectivity index (χ2v) is 25.6. The van der Waals surface area contributed by atoms with Gasteiger partial charge in [-0.05, 0) is 104 Å². The summed E-state index contributed by atoms with van der Waals surface area (Å²) < 4.78 is 89.6. The van der Waals surface area contributed by atoms with E-state index in [-0.39, 0.29) is 35.5 Å². The topological polar surface area (TPSA) is 197 Å². The zero-order valence-electron chi connectivity index (χ0n) is 49.0. The highest BCUT2D eigenvalue weighted by Gasteiger charge is 2.50. The van der Waals surface area contributed by atoms with Crippen LogP contribution < -0.4 is 0 Å². The lowest BCUT2D eigenvalue weighted by Gasteiger charge is -2.48. The Morgan fingerprint density at radius 2 is 1.57 bits per heavy atom. The molecule has 0 aliphatic carbocycles. The van der Waals surface area contributed by atoms with Crippen LogP contribution in [-0.4, -0.2) is 187 Å². The molecule has 3 aliphatic heterocycles. The number of alkyl halides is 1. The summed E-state index contributed by atoms with van der Waals surface area (Å²) in [5.41, 5.74) is -1.50. The van der Waals surface area contributed by atoms with Crippen LogP contribution in [0.2, 0.25) is 0 Å². The fourth-order valence-corrected chi connectivity index (χ4v) is 13.9. The molecule has 4 heterocycles. The van der Waals surface area contributed by atoms with Gasteiger partial charge in [0.2, 0.25) is 10.0 Å². The van der Waals surface area contributed by atoms with Crippen LogP contribution >= 0.6 is 0 Å². The number of halogens is 1. The molecule has 0 unspecified atom stereocenters. The first-order valence-corrected chi connectivity index (χ1v) is 29.3. The first-order chi connectivity index (χ1) is 35.6. The van der Waals surface area contributed by atoms with Gasteiger partial charge < -0.3 is 53.2 Å². The van der Waals surface area contributed by atoms with Gasteiger partial charge in [0.25, 0.3) is 0 Å². The van der Waals surface area contributed by atoms with Crippen LogP contribution in [0.25, 0.3) is 0 Å². The molecule has 1 aromatic heterocycles. The third-order valence-electron chi connectivity index (χ3n) is 16.9. The zero-order valence-corrected chi connectivity index (χ0v) is 49.8. The minimum atomic E-state index is -3.67. The van der Waals surface area contributed by atoms with Crippen molar-refractivity contribution >= 4 is 16.0 Å². The van der Waals surface area contributed by atoms with Gasteiger partial charge in [0.1, 0.15) is 36.6 Å². The van der Waals surface area contributed by atoms with Crippen LogP contribution in [0, 0.1) is 23.2 Å². The van der Waals surface area contributed by atoms with Crippen LogP contribution in [0.5, 0.6) is 0 Å². The van der Waals surface area contributed by atoms with Gasteiger partial charge in [0.15, 0.2) is 12.6 Å². The van der Waals surface area contributed by atoms with Crippen molar-refractivity contribution in [3.05, 3.63) is 41.7 Å². The molecule has 5 rings (SSSR count). The van der Waals surface area contributed by atoms with Crippen molar-refractivity contribution in [2.24, 2.45) is 23.2 Å². The minimum Gasteiger partial charge on any atom is -0.459 e. The third kappa shape index (κ3) is 15.4. The molecule has 3 saturated heterocycles. The molecule has 0 spiro atoms. The maximum absolute atomic E-state index is 14.9. The van der Waals surface area contributed by atoms with Gasteiger partial charge in [-0.2, -0.15) is 4.31 Å². The second kappa shape index (κ2) is 27.2. The number of carbonyl (C=O) groups is 1. The maximum Gasteiger partial charge on any atom is 0.311 e. The summed E-state index contributed by atoms with van der Waals surface area (Å²) in [4.78, 5) is 19.1. The SMILES string of the molecule is CC[C@H]1OC(=O)[C@H](C)[C@@H](O[C@H]2C[C@@](C)(OC)C[C@H](C)O2)[C@H](C)[C@@H](O[C@H]2C[C@@H](N(C)CCc3cn([C@H](CF)[C@H](OC)c4ccc(S(=O)(=O)N(CC)CC)cc4)nn3)C[C@@H](C)O2)C(C)(C)C[C@@H](C)CN(C)[C@H](C)[C@@H](O)[C@]1(C)O. The lowest BCUT2D eigenvalue weighted by Crippen LogP contribution is -2.59. The first kappa shape index (κ1) is 64.1. The number of likely N-dealkylation sites (N-methyl/N-ethyl adjacent to an activating group) is 2. The minimum absolute atomic E-state index is 0.0542. The lowest BCUT2D eigenvalue weighted by molar-refractivity contribution is -0.285. The van der Waals surface area contributed by atoms with Crippen LogP contribution in [0.4, 0.5) is 4.39 Å². The second-order valence-electron chi connectivity index (χ2n) is 23.7. The van der Waals surface area contributed by atoms with Crippen LogP contribution in [-0.2, 0) is 54.4 Å². The first-order valence-electron chi connectivity index (χ1n) is 27.9. The van der Waals surface area contributed by atoms with E-state index in [0.29, 0.717) is 69.5 Å². The average molecular weight is 1100 g/mol. The van der Waals surface area contributed by atoms with E-state index in [2.05, 4.69) is 61.8 Å². The number of benzene rings is 1. The van der Waals surface area contributed by atoms with Gasteiger partial charge in [0, 0.05) is 90.3 Å². The molecule has 3 fully saturated rings. The molecular formula is C56H97FN6O12S. The fourth-order valence-electron chi connectivity index (χ4n) is 12.5. The predicted octanol–water partition coefficient (Wildman–Crippen LogP) is 7.37. The van der Waals surface area contributed by atoms with Gasteiger partial charge in [-0.25, -0.2) is 17.5 Å². The number of aromatic nitrogens is 3. The number of rotatable bonds is 19. The van der Waals surface area contributed by atoms with Crippen LogP contribution in [0.1, 0.15) is 152 Å². The largest absolute Gasteiger partial charge is 0.459 e. The molecular weight excluding hydrogens is 1000 g/mol. The maximum atomic E-state index is 14.9. The van der Waals surface area contributed by atoms with E-state index >= 15 is 0 Å². The number of cyclic esters (lactones) is 1. The van der Waals surface area contributed by atoms with Crippen LogP contribution in [0.3, 0.4) is 0 Å². The van der Waals surface area contributed by atoms with Crippen molar-refractivity contribution < 1.29 is 61.0 Å². The Kier molecular flexibility index (Phi) is 22.9. The van der Waals surface area contributed by atoms with Crippen molar-refractivity contribution in [3.8, 4) is 0 Å². The summed E-state index contributed by atoms with van der Waals surface area (Å²) in [7, 11) is 3.53. The number of esters is 1. The van der Waals surface area contributed by atoms with Gasteiger partial charge in [-0.15, -0.1) is 5.10 Å². The molecule has 3 aliphatic rings. The Hall–Kier alpha value is -2.73. The van der Waals surface area contributed by atoms with E-state index in [1.807, 2.05) is 34.7 Å². The highest BCUT2D eigenvalue weighted by molar-refractivity contribution is 7.89. The molecule has 0 saturated carbocycles. The molecule has 0 bridgehead atoms. The Labute approximate surface area is 455 Å². The molecule has 0 radical (unpaired) electrons. The lowest BCUT2D eigenvalue weighted by atomic mass is 9.71. The Morgan fingerprint density at radius 3 is 2.16 bits per heavy atom. The summed E-state index contributed by atoms with van der Waals surface area (Å²) in [6.07, 6.45) is -0.260. The Bertz CT molecular complexity index is 2220. The molecule has 2 N–H and O–H groups in total. The van der Waals surface area contributed by atoms with E-state index in [0.717, 1.165) is 6.42 Å². The number of aliphatic hydroxyl groups excluding tert-OH is 1. The van der Waals surface area contributed by atoms with Crippen molar-refractivity contribution in [1.29, 1.82) is 0 Å². The number of nitrogens with zero attached hydrogens (tertiary/aromatic N) is 6. The van der Waals surface area contributed by atoms with Gasteiger partial charge in [-0.3, -0.25) is 4.79 Å². The quantitative estimate of drug-likeness (QED) is 0.132. The van der Waals surface area contributed by atoms with E-state index in [4.69, 9.17) is 33.2 Å². The summed E-state index contributed by atoms with van der Waals surface area (Å²) >= 11 is 0. The summed E-state index contributed by atoms with van der Waals surface area (Å²) in [6.45, 7) is 26.5. The molecule has 18 nitrogen and oxygen atoms in total. The van der Waals surface area contributed by atoms with E-state index in [9.17, 15) is 27.8 Å². The number of aliphatic hydroxyl groups is 2. The smallest absolute Gasteiger partial charge is 0.311 e. The molecule has 436 valence electrons. The van der Waals surface area contributed by atoms with E-state index in [1.54, 1.807) is 53.1 Å². The molecule has 20 heteroatoms. The van der Waals surface area contributed by atoms with Crippen molar-refractivity contribution in [2.45, 2.75) is 224 Å². The molecule has 2 aromatic rings. The molecule has 76 heavy (non-hydrogen) atoms. The molecule has 1 aromatic carbocycles. The Morgan fingerprint density at radius 1 is 0.921 bits per heavy atom. The fraction of sp³-hybridized carbons (Fsp3) is 0.839. The highest BCUT2D eigenvalue weighted by atomic mass is 32.2. The van der Waals surface area contributed by atoms with Gasteiger partial charge in [-0.1, -0.05) is 65.8 Å². The number of methoxy groups -OCH3 is 2. The molecule has 17 atom stereocenters. The third-order valence-corrected chi connectivity index (χ3v) is 19.0. The summed E-state index contributed by atoms with van der Waals surface area (Å²) in [6, 6.07) is 5.12. The van der Waals surface area contributed by atoms with E-state index in [1.165, 1.54) is 28.2 Å². The Balaban J connectivity index is 1.39. The summed E-state index contributed by atoms with van der Waals surface area (Å²) in [5.74, 6) is -1.72. The van der Waals surface area contributed by atoms with Gasteiger partial charge in [0.05, 0.1) is 46.5 Å². The number of hydrogen-bond acceptors (Lipinski definition) is 16. The average Bonchev–Trinajstić information content (AvgIpc) is 3.84. The number of sulfonamides is 1. The van der Waals surface area contributed by atoms with Crippen molar-refractivity contribution in [2.75, 3.05) is 61.2 Å². The predicted molar refractivity (Wildman–Crippen MR) is 289 cm³/mol. The normalized spacial score (nSPS) is 35.6. The number of hydrogen-bond donors (Lipinski definition) is 2. The standard InChI is InChI=1S/C56H97FN6O12S/c1-18-46-56(13,66)51(64)40(9)61(15)33-35(4)29-54(10,11)52(38(7)49(39(8)53(65)73-46)74-48-31-55(12,70-17)30-37(6)72-48)75-47-28-43(27-36(5)71-47)60(14)26-25-42-34-63(59-58-42)45(32-57)50(69-16)41-21-23-44(24-22-41)76(67,68)62(19-2)20-3/h21-24,34-40,43,45-52,64,66H,18-20,25-33H2,1-17H3/t35-,36-,37+,38+,39-,40-,43+,45-,46-,47+,48+,49+,50-,51-,52-,55+,56-/m1/s1. The van der Waals surface area contributed by atoms with Crippen molar-refractivity contribution in [3.63, 3.8) is 0 Å². The van der Waals surface area contributed by atoms with Gasteiger partial charge >= 0.3 is 5.97 Å². The summed E-state index contributed by atoms with van der Waals surface area (Å²) in [5, 5.41) is 32.4. The molecule has 0 amide bonds. The van der Waals surface area contributed by atoms with Crippen LogP contribution in [0.15, 0.2) is 35.4 Å². The monoisotopic (exact) mass is 1100 g/mol. The highest BCUT2D eigenvalue weighted by Crippen LogP contribution is 2.43. The van der Waals surface area contributed by atoms with Crippen molar-refractivity contribution in [1.82, 2.24) is 29.1 Å². The number of carbonyl (C=O) groups excluding carboxylic acids is 1. The van der Waals surface area contributed by atoms with E-state index < -0.39 is 106 Å². The zero-order chi connectivity index (χ0) is 56.7.